The van der Waals surface area contributed by atoms with Gasteiger partial charge < -0.3 is 21.1 Å². The van der Waals surface area contributed by atoms with E-state index >= 15 is 0 Å². The fourth-order valence-corrected chi connectivity index (χ4v) is 1.55. The molecule has 0 atom stereocenters. The van der Waals surface area contributed by atoms with Crippen molar-refractivity contribution in [1.29, 1.82) is 0 Å². The largest absolute Gasteiger partial charge is 0.480 e. The maximum absolute atomic E-state index is 12.1. The van der Waals surface area contributed by atoms with Crippen molar-refractivity contribution in [3.63, 3.8) is 0 Å². The molecule has 7 heteroatoms. The number of anilines is 1. The quantitative estimate of drug-likeness (QED) is 0.728. The van der Waals surface area contributed by atoms with E-state index in [1.54, 1.807) is 25.1 Å². The molecule has 0 unspecified atom stereocenters. The van der Waals surface area contributed by atoms with Gasteiger partial charge in [-0.3, -0.25) is 9.59 Å². The summed E-state index contributed by atoms with van der Waals surface area (Å²) in [5.41, 5.74) is 5.65. The zero-order valence-corrected chi connectivity index (χ0v) is 10.4. The van der Waals surface area contributed by atoms with Crippen LogP contribution in [-0.4, -0.2) is 41.0 Å². The summed E-state index contributed by atoms with van der Waals surface area (Å²) in [6.07, 6.45) is 0. The summed E-state index contributed by atoms with van der Waals surface area (Å²) in [6, 6.07) is 5.40. The Labute approximate surface area is 110 Å². The molecule has 0 radical (unpaired) electrons. The van der Waals surface area contributed by atoms with Gasteiger partial charge >= 0.3 is 12.0 Å². The Morgan fingerprint density at radius 2 is 2.05 bits per heavy atom. The van der Waals surface area contributed by atoms with Gasteiger partial charge in [-0.25, -0.2) is 4.79 Å². The first kappa shape index (κ1) is 14.5. The fourth-order valence-electron chi connectivity index (χ4n) is 1.55. The molecule has 1 aromatic rings. The van der Waals surface area contributed by atoms with E-state index in [4.69, 9.17) is 10.8 Å². The van der Waals surface area contributed by atoms with Crippen molar-refractivity contribution in [2.75, 3.05) is 18.4 Å². The van der Waals surface area contributed by atoms with Gasteiger partial charge in [-0.2, -0.15) is 0 Å². The molecule has 0 bridgehead atoms. The number of rotatable bonds is 5. The minimum atomic E-state index is -1.08. The number of primary amides is 1. The van der Waals surface area contributed by atoms with Crippen LogP contribution in [0.5, 0.6) is 0 Å². The number of carboxylic acids is 1. The second-order valence-corrected chi connectivity index (χ2v) is 3.78. The Morgan fingerprint density at radius 1 is 1.37 bits per heavy atom. The highest BCUT2D eigenvalue weighted by Crippen LogP contribution is 2.12. The number of carbonyl (C=O) groups is 3. The van der Waals surface area contributed by atoms with Crippen LogP contribution >= 0.6 is 0 Å². The molecule has 1 aromatic carbocycles. The average molecular weight is 265 g/mol. The van der Waals surface area contributed by atoms with E-state index in [-0.39, 0.29) is 18.7 Å². The van der Waals surface area contributed by atoms with E-state index in [1.165, 1.54) is 11.0 Å². The van der Waals surface area contributed by atoms with E-state index in [2.05, 4.69) is 5.32 Å². The highest BCUT2D eigenvalue weighted by molar-refractivity contribution is 5.97. The topological polar surface area (TPSA) is 113 Å². The molecule has 4 N–H and O–H groups in total. The van der Waals surface area contributed by atoms with Crippen LogP contribution in [0, 0.1) is 0 Å². The predicted molar refractivity (Wildman–Crippen MR) is 68.9 cm³/mol. The maximum atomic E-state index is 12.1. The van der Waals surface area contributed by atoms with E-state index in [1.807, 2.05) is 0 Å². The van der Waals surface area contributed by atoms with Gasteiger partial charge in [0.15, 0.2) is 0 Å². The zero-order chi connectivity index (χ0) is 14.4. The summed E-state index contributed by atoms with van der Waals surface area (Å²) in [5, 5.41) is 11.1. The third-order valence-electron chi connectivity index (χ3n) is 2.37. The normalized spacial score (nSPS) is 9.74. The molecule has 1 rings (SSSR count). The molecule has 0 saturated heterocycles. The maximum Gasteiger partial charge on any atom is 0.323 e. The number of carbonyl (C=O) groups excluding carboxylic acids is 2. The zero-order valence-electron chi connectivity index (χ0n) is 10.4. The van der Waals surface area contributed by atoms with E-state index in [0.29, 0.717) is 5.69 Å². The van der Waals surface area contributed by atoms with Crippen LogP contribution < -0.4 is 11.1 Å². The van der Waals surface area contributed by atoms with Crippen molar-refractivity contribution in [2.45, 2.75) is 6.92 Å². The first-order valence-electron chi connectivity index (χ1n) is 5.61. The van der Waals surface area contributed by atoms with Gasteiger partial charge in [0, 0.05) is 17.8 Å². The Kier molecular flexibility index (Phi) is 4.87. The number of hydrogen-bond donors (Lipinski definition) is 3. The first-order chi connectivity index (χ1) is 8.93. The Bertz CT molecular complexity index is 502. The minimum Gasteiger partial charge on any atom is -0.480 e. The van der Waals surface area contributed by atoms with Gasteiger partial charge in [0.1, 0.15) is 6.54 Å². The molecule has 7 nitrogen and oxygen atoms in total. The molecule has 0 spiro atoms. The number of amides is 3. The Morgan fingerprint density at radius 3 is 2.58 bits per heavy atom. The lowest BCUT2D eigenvalue weighted by Gasteiger charge is -2.18. The van der Waals surface area contributed by atoms with E-state index in [9.17, 15) is 14.4 Å². The van der Waals surface area contributed by atoms with Gasteiger partial charge in [0.05, 0.1) is 0 Å². The highest BCUT2D eigenvalue weighted by atomic mass is 16.4. The second-order valence-electron chi connectivity index (χ2n) is 3.78. The van der Waals surface area contributed by atoms with Gasteiger partial charge in [0.25, 0.3) is 5.91 Å². The molecule has 0 aliphatic heterocycles. The molecule has 0 heterocycles. The van der Waals surface area contributed by atoms with Gasteiger partial charge in [-0.05, 0) is 25.1 Å². The standard InChI is InChI=1S/C12H15N3O4/c1-2-15(7-10(16)17)11(18)8-4-3-5-9(6-8)14-12(13)19/h3-6H,2,7H2,1H3,(H,16,17)(H3,13,14,19). The van der Waals surface area contributed by atoms with Gasteiger partial charge in [0.2, 0.25) is 0 Å². The molecule has 0 aliphatic carbocycles. The molecule has 0 aromatic heterocycles. The third-order valence-corrected chi connectivity index (χ3v) is 2.37. The number of nitrogens with zero attached hydrogens (tertiary/aromatic N) is 1. The number of nitrogens with two attached hydrogens (primary N) is 1. The number of carboxylic acid groups (broad SMARTS) is 1. The van der Waals surface area contributed by atoms with Crippen LogP contribution in [0.3, 0.4) is 0 Å². The molecular formula is C12H15N3O4. The van der Waals surface area contributed by atoms with Crippen molar-refractivity contribution >= 4 is 23.6 Å². The summed E-state index contributed by atoms with van der Waals surface area (Å²) in [6.45, 7) is 1.59. The molecular weight excluding hydrogens is 250 g/mol. The Hall–Kier alpha value is -2.57. The fraction of sp³-hybridized carbons (Fsp3) is 0.250. The van der Waals surface area contributed by atoms with Crippen LogP contribution in [-0.2, 0) is 4.79 Å². The third kappa shape index (κ3) is 4.30. The summed E-state index contributed by atoms with van der Waals surface area (Å²) in [5.74, 6) is -1.50. The lowest BCUT2D eigenvalue weighted by Crippen LogP contribution is -2.35. The number of nitrogens with one attached hydrogen (secondary N) is 1. The molecule has 19 heavy (non-hydrogen) atoms. The average Bonchev–Trinajstić information content (AvgIpc) is 2.34. The van der Waals surface area contributed by atoms with Gasteiger partial charge in [-0.1, -0.05) is 6.07 Å². The van der Waals surface area contributed by atoms with Crippen LogP contribution in [0.15, 0.2) is 24.3 Å². The second kappa shape index (κ2) is 6.39. The van der Waals surface area contributed by atoms with Crippen molar-refractivity contribution in [3.05, 3.63) is 29.8 Å². The van der Waals surface area contributed by atoms with E-state index < -0.39 is 17.9 Å². The summed E-state index contributed by atoms with van der Waals surface area (Å²) in [4.78, 5) is 34.6. The molecule has 3 amide bonds. The number of benzene rings is 1. The van der Waals surface area contributed by atoms with Crippen LogP contribution in [0.1, 0.15) is 17.3 Å². The molecule has 0 saturated carbocycles. The smallest absolute Gasteiger partial charge is 0.323 e. The van der Waals surface area contributed by atoms with Crippen molar-refractivity contribution in [1.82, 2.24) is 4.90 Å². The lowest BCUT2D eigenvalue weighted by atomic mass is 10.1. The van der Waals surface area contributed by atoms with Gasteiger partial charge in [-0.15, -0.1) is 0 Å². The SMILES string of the molecule is CCN(CC(=O)O)C(=O)c1cccc(NC(N)=O)c1. The number of likely N-dealkylation sites (N-methyl/N-ethyl adjacent to an activating group) is 1. The summed E-state index contributed by atoms with van der Waals surface area (Å²) < 4.78 is 0. The monoisotopic (exact) mass is 265 g/mol. The molecule has 0 aliphatic rings. The summed E-state index contributed by atoms with van der Waals surface area (Å²) >= 11 is 0. The van der Waals surface area contributed by atoms with Crippen molar-refractivity contribution < 1.29 is 19.5 Å². The predicted octanol–water partition coefficient (Wildman–Crippen LogP) is 0.724. The van der Waals surface area contributed by atoms with Crippen LogP contribution in [0.4, 0.5) is 10.5 Å². The highest BCUT2D eigenvalue weighted by Gasteiger charge is 2.17. The number of aliphatic carboxylic acids is 1. The molecule has 102 valence electrons. The van der Waals surface area contributed by atoms with Crippen LogP contribution in [0.2, 0.25) is 0 Å². The number of hydrogen-bond acceptors (Lipinski definition) is 3. The van der Waals surface area contributed by atoms with E-state index in [0.717, 1.165) is 0 Å². The lowest BCUT2D eigenvalue weighted by molar-refractivity contribution is -0.137. The minimum absolute atomic E-state index is 0.276. The van der Waals surface area contributed by atoms with Crippen molar-refractivity contribution in [2.24, 2.45) is 5.73 Å². The Balaban J connectivity index is 2.91. The summed E-state index contributed by atoms with van der Waals surface area (Å²) in [7, 11) is 0. The van der Waals surface area contributed by atoms with Crippen LogP contribution in [0.25, 0.3) is 0 Å². The van der Waals surface area contributed by atoms with Crippen molar-refractivity contribution in [3.8, 4) is 0 Å². The number of urea groups is 1. The first-order valence-corrected chi connectivity index (χ1v) is 5.61. The molecule has 0 fully saturated rings.